The molecule has 2 aromatic rings. The van der Waals surface area contributed by atoms with Crippen LogP contribution in [0.1, 0.15) is 10.4 Å². The lowest BCUT2D eigenvalue weighted by Gasteiger charge is -2.29. The van der Waals surface area contributed by atoms with Crippen LogP contribution >= 0.6 is 11.6 Å². The third-order valence-corrected chi connectivity index (χ3v) is 4.17. The number of nitrogens with one attached hydrogen (secondary N) is 2. The Morgan fingerprint density at radius 1 is 1.11 bits per heavy atom. The lowest BCUT2D eigenvalue weighted by atomic mass is 10.1. The van der Waals surface area contributed by atoms with Gasteiger partial charge in [0.15, 0.2) is 0 Å². The van der Waals surface area contributed by atoms with E-state index < -0.39 is 41.1 Å². The molecular formula is C17H10ClF4N3O3. The number of hydrogen-bond acceptors (Lipinski definition) is 3. The fourth-order valence-corrected chi connectivity index (χ4v) is 2.79. The molecule has 1 heterocycles. The van der Waals surface area contributed by atoms with Gasteiger partial charge in [-0.2, -0.15) is 13.2 Å². The Bertz CT molecular complexity index is 982. The lowest BCUT2D eigenvalue weighted by Crippen LogP contribution is -2.69. The molecule has 0 unspecified atom stereocenters. The van der Waals surface area contributed by atoms with Crippen molar-refractivity contribution in [1.29, 1.82) is 0 Å². The zero-order valence-electron chi connectivity index (χ0n) is 13.7. The first-order valence-corrected chi connectivity index (χ1v) is 8.00. The lowest BCUT2D eigenvalue weighted by molar-refractivity contribution is -0.197. The average molecular weight is 416 g/mol. The van der Waals surface area contributed by atoms with Crippen LogP contribution in [0.15, 0.2) is 48.5 Å². The van der Waals surface area contributed by atoms with Crippen molar-refractivity contribution in [3.05, 3.63) is 64.9 Å². The van der Waals surface area contributed by atoms with Crippen molar-refractivity contribution in [2.45, 2.75) is 11.8 Å². The molecule has 0 saturated carbocycles. The van der Waals surface area contributed by atoms with Gasteiger partial charge in [0.05, 0.1) is 11.3 Å². The number of halogens is 5. The van der Waals surface area contributed by atoms with E-state index in [4.69, 9.17) is 11.6 Å². The van der Waals surface area contributed by atoms with E-state index in [1.165, 1.54) is 41.0 Å². The van der Waals surface area contributed by atoms with Gasteiger partial charge in [0.1, 0.15) is 5.82 Å². The van der Waals surface area contributed by atoms with Gasteiger partial charge in [-0.1, -0.05) is 29.8 Å². The summed E-state index contributed by atoms with van der Waals surface area (Å²) in [5.41, 5.74) is -4.73. The van der Waals surface area contributed by atoms with E-state index in [0.717, 1.165) is 18.2 Å². The van der Waals surface area contributed by atoms with Gasteiger partial charge < -0.3 is 5.32 Å². The summed E-state index contributed by atoms with van der Waals surface area (Å²) in [6.45, 7) is 0. The molecular weight excluding hydrogens is 406 g/mol. The molecule has 11 heteroatoms. The minimum Gasteiger partial charge on any atom is -0.314 e. The molecule has 0 radical (unpaired) electrons. The molecule has 0 spiro atoms. The zero-order chi connectivity index (χ0) is 20.7. The maximum absolute atomic E-state index is 13.8. The van der Waals surface area contributed by atoms with E-state index >= 15 is 0 Å². The highest BCUT2D eigenvalue weighted by atomic mass is 35.5. The first-order valence-electron chi connectivity index (χ1n) is 7.63. The first-order chi connectivity index (χ1) is 13.1. The molecule has 1 aliphatic heterocycles. The first kappa shape index (κ1) is 19.6. The van der Waals surface area contributed by atoms with Crippen LogP contribution < -0.4 is 15.5 Å². The molecule has 28 heavy (non-hydrogen) atoms. The third-order valence-electron chi connectivity index (χ3n) is 3.93. The van der Waals surface area contributed by atoms with E-state index in [1.54, 1.807) is 0 Å². The van der Waals surface area contributed by atoms with E-state index in [0.29, 0.717) is 0 Å². The number of carbonyl (C=O) groups excluding carboxylic acids is 3. The number of benzene rings is 2. The number of rotatable bonds is 3. The SMILES string of the molecule is O=C(N[C@@]1(C(F)(F)F)NC(=O)N(c2cccc(Cl)c2)C1=O)c1ccccc1F. The van der Waals surface area contributed by atoms with Crippen LogP contribution in [-0.2, 0) is 4.79 Å². The highest BCUT2D eigenvalue weighted by Gasteiger charge is 2.69. The molecule has 1 saturated heterocycles. The van der Waals surface area contributed by atoms with Gasteiger partial charge in [-0.15, -0.1) is 0 Å². The Balaban J connectivity index is 2.03. The standard InChI is InChI=1S/C17H10ClF4N3O3/c18-9-4-3-5-10(8-9)25-14(27)16(17(20,21)22,24-15(25)28)23-13(26)11-6-1-2-7-12(11)19/h1-8H,(H,23,26)(H,24,28)/t16-/m1/s1. The normalized spacial score (nSPS) is 19.5. The number of carbonyl (C=O) groups is 3. The Morgan fingerprint density at radius 3 is 2.39 bits per heavy atom. The monoisotopic (exact) mass is 415 g/mol. The predicted molar refractivity (Wildman–Crippen MR) is 90.1 cm³/mol. The van der Waals surface area contributed by atoms with Gasteiger partial charge in [-0.25, -0.2) is 14.1 Å². The van der Waals surface area contributed by atoms with Gasteiger partial charge >= 0.3 is 12.2 Å². The van der Waals surface area contributed by atoms with Crippen LogP contribution in [0.2, 0.25) is 5.02 Å². The van der Waals surface area contributed by atoms with Gasteiger partial charge in [0.25, 0.3) is 17.5 Å². The van der Waals surface area contributed by atoms with Crippen LogP contribution in [0.3, 0.4) is 0 Å². The number of urea groups is 1. The summed E-state index contributed by atoms with van der Waals surface area (Å²) in [6.07, 6.45) is -5.42. The van der Waals surface area contributed by atoms with Crippen LogP contribution in [0.4, 0.5) is 28.0 Å². The van der Waals surface area contributed by atoms with Crippen LogP contribution in [0, 0.1) is 5.82 Å². The molecule has 146 valence electrons. The molecule has 1 fully saturated rings. The Morgan fingerprint density at radius 2 is 1.79 bits per heavy atom. The molecule has 0 aliphatic carbocycles. The summed E-state index contributed by atoms with van der Waals surface area (Å²) in [6, 6.07) is 7.83. The van der Waals surface area contributed by atoms with Gasteiger partial charge in [-0.05, 0) is 30.3 Å². The van der Waals surface area contributed by atoms with Crippen molar-refractivity contribution < 1.29 is 31.9 Å². The molecule has 1 aliphatic rings. The quantitative estimate of drug-likeness (QED) is 0.597. The molecule has 0 aromatic heterocycles. The van der Waals surface area contributed by atoms with Crippen LogP contribution in [0.25, 0.3) is 0 Å². The summed E-state index contributed by atoms with van der Waals surface area (Å²) >= 11 is 5.76. The third kappa shape index (κ3) is 3.15. The maximum atomic E-state index is 13.8. The summed E-state index contributed by atoms with van der Waals surface area (Å²) in [4.78, 5) is 37.2. The Hall–Kier alpha value is -3.14. The molecule has 6 nitrogen and oxygen atoms in total. The van der Waals surface area contributed by atoms with Crippen molar-refractivity contribution in [2.24, 2.45) is 0 Å². The topological polar surface area (TPSA) is 78.5 Å². The summed E-state index contributed by atoms with van der Waals surface area (Å²) in [5, 5.41) is 2.95. The second kappa shape index (κ2) is 6.79. The van der Waals surface area contributed by atoms with Crippen LogP contribution in [0.5, 0.6) is 0 Å². The average Bonchev–Trinajstić information content (AvgIpc) is 2.86. The number of imide groups is 1. The van der Waals surface area contributed by atoms with Crippen molar-refractivity contribution in [3.63, 3.8) is 0 Å². The van der Waals surface area contributed by atoms with Crippen LogP contribution in [-0.4, -0.2) is 29.7 Å². The smallest absolute Gasteiger partial charge is 0.314 e. The number of hydrogen-bond donors (Lipinski definition) is 2. The summed E-state index contributed by atoms with van der Waals surface area (Å²) in [5.74, 6) is -4.44. The van der Waals surface area contributed by atoms with E-state index in [1.807, 2.05) is 0 Å². The number of nitrogens with zero attached hydrogens (tertiary/aromatic N) is 1. The molecule has 3 rings (SSSR count). The van der Waals surface area contributed by atoms with E-state index in [9.17, 15) is 31.9 Å². The van der Waals surface area contributed by atoms with Crippen molar-refractivity contribution >= 4 is 35.1 Å². The Labute approximate surface area is 160 Å². The fourth-order valence-electron chi connectivity index (χ4n) is 2.61. The van der Waals surface area contributed by atoms with Gasteiger partial charge in [0, 0.05) is 5.02 Å². The highest BCUT2D eigenvalue weighted by molar-refractivity contribution is 6.31. The fraction of sp³-hybridized carbons (Fsp3) is 0.118. The minimum atomic E-state index is -5.42. The minimum absolute atomic E-state index is 0.0676. The van der Waals surface area contributed by atoms with Crippen molar-refractivity contribution in [2.75, 3.05) is 4.90 Å². The van der Waals surface area contributed by atoms with Gasteiger partial charge in [0.2, 0.25) is 0 Å². The zero-order valence-corrected chi connectivity index (χ0v) is 14.4. The highest BCUT2D eigenvalue weighted by Crippen LogP contribution is 2.36. The molecule has 0 bridgehead atoms. The molecule has 2 aromatic carbocycles. The molecule has 4 amide bonds. The predicted octanol–water partition coefficient (Wildman–Crippen LogP) is 3.22. The van der Waals surface area contributed by atoms with E-state index in [2.05, 4.69) is 0 Å². The number of anilines is 1. The largest absolute Gasteiger partial charge is 0.440 e. The van der Waals surface area contributed by atoms with Crippen molar-refractivity contribution in [3.8, 4) is 0 Å². The van der Waals surface area contributed by atoms with Gasteiger partial charge in [-0.3, -0.25) is 14.9 Å². The maximum Gasteiger partial charge on any atom is 0.440 e. The second-order valence-electron chi connectivity index (χ2n) is 5.73. The number of amides is 4. The van der Waals surface area contributed by atoms with E-state index in [-0.39, 0.29) is 15.6 Å². The second-order valence-corrected chi connectivity index (χ2v) is 6.17. The molecule has 1 atom stereocenters. The summed E-state index contributed by atoms with van der Waals surface area (Å²) in [7, 11) is 0. The van der Waals surface area contributed by atoms with Crippen molar-refractivity contribution in [1.82, 2.24) is 10.6 Å². The summed E-state index contributed by atoms with van der Waals surface area (Å²) < 4.78 is 55.1. The molecule has 2 N–H and O–H groups in total. The Kier molecular flexibility index (Phi) is 4.76. The number of alkyl halides is 3.